The van der Waals surface area contributed by atoms with E-state index in [1.807, 2.05) is 60.4 Å². The lowest BCUT2D eigenvalue weighted by atomic mass is 10.1. The average molecular weight is 409 g/mol. The minimum Gasteiger partial charge on any atom is -0.349 e. The number of carbonyl (C=O) groups is 3. The number of hydrogen-bond acceptors (Lipinski definition) is 4. The molecule has 3 amide bonds. The molecule has 1 aliphatic rings. The molecule has 1 atom stereocenters. The van der Waals surface area contributed by atoms with Crippen molar-refractivity contribution in [2.24, 2.45) is 0 Å². The van der Waals surface area contributed by atoms with E-state index in [1.165, 1.54) is 0 Å². The van der Waals surface area contributed by atoms with Crippen molar-refractivity contribution < 1.29 is 14.4 Å². The van der Waals surface area contributed by atoms with E-state index in [9.17, 15) is 14.4 Å². The maximum Gasteiger partial charge on any atom is 0.251 e. The molecule has 30 heavy (non-hydrogen) atoms. The summed E-state index contributed by atoms with van der Waals surface area (Å²) in [6.07, 6.45) is 0.257. The van der Waals surface area contributed by atoms with Crippen molar-refractivity contribution in [1.82, 2.24) is 15.1 Å². The van der Waals surface area contributed by atoms with Gasteiger partial charge >= 0.3 is 0 Å². The Balaban J connectivity index is 1.38. The molecular formula is C23H28N4O3. The van der Waals surface area contributed by atoms with Crippen molar-refractivity contribution in [3.8, 4) is 0 Å². The quantitative estimate of drug-likeness (QED) is 0.734. The van der Waals surface area contributed by atoms with Crippen molar-refractivity contribution in [1.29, 1.82) is 0 Å². The molecule has 3 rings (SSSR count). The van der Waals surface area contributed by atoms with E-state index in [-0.39, 0.29) is 30.2 Å². The summed E-state index contributed by atoms with van der Waals surface area (Å²) < 4.78 is 0. The first-order valence-electron chi connectivity index (χ1n) is 10.2. The molecule has 158 valence electrons. The molecule has 7 heteroatoms. The van der Waals surface area contributed by atoms with Crippen LogP contribution in [0, 0.1) is 0 Å². The second-order valence-electron chi connectivity index (χ2n) is 7.52. The summed E-state index contributed by atoms with van der Waals surface area (Å²) >= 11 is 0. The number of nitrogens with one attached hydrogen (secondary N) is 2. The number of rotatable bonds is 7. The number of hydrogen-bond donors (Lipinski definition) is 2. The van der Waals surface area contributed by atoms with Crippen LogP contribution in [0.2, 0.25) is 0 Å². The van der Waals surface area contributed by atoms with Crippen LogP contribution < -0.4 is 10.6 Å². The van der Waals surface area contributed by atoms with Gasteiger partial charge in [-0.2, -0.15) is 0 Å². The molecule has 2 aromatic rings. The zero-order chi connectivity index (χ0) is 21.3. The maximum atomic E-state index is 12.6. The Bertz CT molecular complexity index is 849. The highest BCUT2D eigenvalue weighted by atomic mass is 16.2. The van der Waals surface area contributed by atoms with E-state index in [4.69, 9.17) is 0 Å². The fourth-order valence-electron chi connectivity index (χ4n) is 3.42. The Hall–Kier alpha value is -3.19. The molecule has 1 fully saturated rings. The number of para-hydroxylation sites is 1. The molecule has 1 saturated heterocycles. The molecule has 0 spiro atoms. The van der Waals surface area contributed by atoms with Gasteiger partial charge in [0.15, 0.2) is 0 Å². The van der Waals surface area contributed by atoms with Gasteiger partial charge in [-0.25, -0.2) is 0 Å². The topological polar surface area (TPSA) is 81.8 Å². The second kappa shape index (κ2) is 10.5. The first kappa shape index (κ1) is 21.5. The van der Waals surface area contributed by atoms with Crippen molar-refractivity contribution in [3.63, 3.8) is 0 Å². The first-order valence-corrected chi connectivity index (χ1v) is 10.2. The molecule has 0 aliphatic carbocycles. The zero-order valence-corrected chi connectivity index (χ0v) is 17.2. The lowest BCUT2D eigenvalue weighted by molar-refractivity contribution is -0.133. The highest BCUT2D eigenvalue weighted by Gasteiger charge is 2.24. The lowest BCUT2D eigenvalue weighted by Crippen LogP contribution is -2.51. The van der Waals surface area contributed by atoms with Gasteiger partial charge in [-0.1, -0.05) is 36.4 Å². The number of nitrogens with zero attached hydrogens (tertiary/aromatic N) is 2. The van der Waals surface area contributed by atoms with E-state index in [0.29, 0.717) is 38.3 Å². The number of benzene rings is 2. The number of piperazine rings is 1. The minimum absolute atomic E-state index is 0.0178. The Morgan fingerprint density at radius 1 is 0.900 bits per heavy atom. The van der Waals surface area contributed by atoms with E-state index in [1.54, 1.807) is 17.0 Å². The normalized spacial score (nSPS) is 15.3. The maximum absolute atomic E-state index is 12.6. The van der Waals surface area contributed by atoms with Gasteiger partial charge in [0, 0.05) is 49.9 Å². The van der Waals surface area contributed by atoms with Crippen LogP contribution in [-0.4, -0.2) is 66.3 Å². The van der Waals surface area contributed by atoms with Gasteiger partial charge in [0.25, 0.3) is 5.91 Å². The fraction of sp³-hybridized carbons (Fsp3) is 0.348. The van der Waals surface area contributed by atoms with Crippen LogP contribution in [0.15, 0.2) is 60.7 Å². The average Bonchev–Trinajstić information content (AvgIpc) is 2.75. The predicted molar refractivity (Wildman–Crippen MR) is 116 cm³/mol. The Kier molecular flexibility index (Phi) is 7.57. The van der Waals surface area contributed by atoms with Crippen LogP contribution in [-0.2, 0) is 9.59 Å². The van der Waals surface area contributed by atoms with Crippen molar-refractivity contribution in [2.75, 3.05) is 38.0 Å². The molecular weight excluding hydrogens is 380 g/mol. The van der Waals surface area contributed by atoms with Gasteiger partial charge in [0.05, 0.1) is 6.54 Å². The fourth-order valence-corrected chi connectivity index (χ4v) is 3.42. The van der Waals surface area contributed by atoms with E-state index < -0.39 is 0 Å². The van der Waals surface area contributed by atoms with Crippen molar-refractivity contribution in [2.45, 2.75) is 19.4 Å². The van der Waals surface area contributed by atoms with Crippen LogP contribution in [0.1, 0.15) is 23.7 Å². The zero-order valence-electron chi connectivity index (χ0n) is 17.2. The van der Waals surface area contributed by atoms with E-state index in [2.05, 4.69) is 10.6 Å². The Morgan fingerprint density at radius 3 is 2.13 bits per heavy atom. The summed E-state index contributed by atoms with van der Waals surface area (Å²) in [6, 6.07) is 18.1. The molecule has 0 aromatic heterocycles. The number of amides is 3. The molecule has 2 aromatic carbocycles. The monoisotopic (exact) mass is 408 g/mol. The third-order valence-corrected chi connectivity index (χ3v) is 5.04. The van der Waals surface area contributed by atoms with E-state index >= 15 is 0 Å². The van der Waals surface area contributed by atoms with Gasteiger partial charge < -0.3 is 15.5 Å². The molecule has 0 saturated carbocycles. The standard InChI is InChI=1S/C23H28N4O3/c1-18(24-23(30)19-8-4-2-5-9-19)16-22(29)27-14-12-26(13-15-27)17-21(28)25-20-10-6-3-7-11-20/h2-11,18H,12-17H2,1H3,(H,24,30)(H,25,28). The highest BCUT2D eigenvalue weighted by molar-refractivity contribution is 5.94. The first-order chi connectivity index (χ1) is 14.5. The summed E-state index contributed by atoms with van der Waals surface area (Å²) in [5.74, 6) is -0.215. The highest BCUT2D eigenvalue weighted by Crippen LogP contribution is 2.08. The van der Waals surface area contributed by atoms with Gasteiger partial charge in [-0.3, -0.25) is 19.3 Å². The van der Waals surface area contributed by atoms with Gasteiger partial charge in [0.2, 0.25) is 11.8 Å². The van der Waals surface area contributed by atoms with Gasteiger partial charge in [-0.05, 0) is 31.2 Å². The van der Waals surface area contributed by atoms with Crippen LogP contribution in [0.3, 0.4) is 0 Å². The largest absolute Gasteiger partial charge is 0.349 e. The molecule has 7 nitrogen and oxygen atoms in total. The lowest BCUT2D eigenvalue weighted by Gasteiger charge is -2.34. The Labute approximate surface area is 177 Å². The van der Waals surface area contributed by atoms with Crippen LogP contribution >= 0.6 is 0 Å². The minimum atomic E-state index is -0.250. The number of anilines is 1. The summed E-state index contributed by atoms with van der Waals surface area (Å²) in [5, 5.41) is 5.75. The molecule has 1 heterocycles. The summed E-state index contributed by atoms with van der Waals surface area (Å²) in [7, 11) is 0. The SMILES string of the molecule is CC(CC(=O)N1CCN(CC(=O)Nc2ccccc2)CC1)NC(=O)c1ccccc1. The van der Waals surface area contributed by atoms with E-state index in [0.717, 1.165) is 5.69 Å². The van der Waals surface area contributed by atoms with Gasteiger partial charge in [0.1, 0.15) is 0 Å². The molecule has 1 aliphatic heterocycles. The van der Waals surface area contributed by atoms with Crippen LogP contribution in [0.4, 0.5) is 5.69 Å². The predicted octanol–water partition coefficient (Wildman–Crippen LogP) is 1.98. The van der Waals surface area contributed by atoms with Crippen molar-refractivity contribution in [3.05, 3.63) is 66.2 Å². The molecule has 0 bridgehead atoms. The number of carbonyl (C=O) groups excluding carboxylic acids is 3. The summed E-state index contributed by atoms with van der Waals surface area (Å²) in [6.45, 7) is 4.61. The second-order valence-corrected chi connectivity index (χ2v) is 7.52. The van der Waals surface area contributed by atoms with Gasteiger partial charge in [-0.15, -0.1) is 0 Å². The molecule has 1 unspecified atom stereocenters. The summed E-state index contributed by atoms with van der Waals surface area (Å²) in [4.78, 5) is 40.8. The van der Waals surface area contributed by atoms with Crippen molar-refractivity contribution >= 4 is 23.4 Å². The Morgan fingerprint density at radius 2 is 1.50 bits per heavy atom. The third kappa shape index (κ3) is 6.42. The van der Waals surface area contributed by atoms with Crippen LogP contribution in [0.5, 0.6) is 0 Å². The molecule has 0 radical (unpaired) electrons. The molecule has 2 N–H and O–H groups in total. The smallest absolute Gasteiger partial charge is 0.251 e. The van der Waals surface area contributed by atoms with Crippen LogP contribution in [0.25, 0.3) is 0 Å². The summed E-state index contributed by atoms with van der Waals surface area (Å²) in [5.41, 5.74) is 1.36. The third-order valence-electron chi connectivity index (χ3n) is 5.04.